The maximum Gasteiger partial charge on any atom is 0.134 e. The molecule has 1 aliphatic rings. The molecule has 0 amide bonds. The first-order valence-corrected chi connectivity index (χ1v) is 8.06. The Balaban J connectivity index is 1.59. The highest BCUT2D eigenvalue weighted by Crippen LogP contribution is 2.30. The molecule has 114 valence electrons. The van der Waals surface area contributed by atoms with Gasteiger partial charge in [-0.25, -0.2) is 0 Å². The minimum Gasteiger partial charge on any atom is -0.461 e. The van der Waals surface area contributed by atoms with Crippen molar-refractivity contribution in [2.75, 3.05) is 13.1 Å². The second kappa shape index (κ2) is 5.61. The zero-order chi connectivity index (χ0) is 14.9. The standard InChI is InChI=1S/C18H21N3O/c1-13-4-3-8-21(13)9-7-15-10-17-16(14-11-19-20-12-14)5-2-6-18(17)22-15/h2,5-6,10-13H,3-4,7-9H2,1H3,(H,19,20)/t13-/m1/s1. The first-order chi connectivity index (χ1) is 10.8. The number of furan rings is 1. The first-order valence-electron chi connectivity index (χ1n) is 8.06. The van der Waals surface area contributed by atoms with Crippen LogP contribution in [0.4, 0.5) is 0 Å². The van der Waals surface area contributed by atoms with Crippen LogP contribution in [-0.4, -0.2) is 34.2 Å². The van der Waals surface area contributed by atoms with Crippen molar-refractivity contribution in [1.29, 1.82) is 0 Å². The number of benzene rings is 1. The van der Waals surface area contributed by atoms with E-state index >= 15 is 0 Å². The van der Waals surface area contributed by atoms with E-state index in [1.165, 1.54) is 30.3 Å². The Bertz CT molecular complexity index is 760. The van der Waals surface area contributed by atoms with Gasteiger partial charge in [0.1, 0.15) is 11.3 Å². The molecule has 3 heterocycles. The fraction of sp³-hybridized carbons (Fsp3) is 0.389. The van der Waals surface area contributed by atoms with E-state index < -0.39 is 0 Å². The molecule has 3 aromatic rings. The Kier molecular flexibility index (Phi) is 3.47. The van der Waals surface area contributed by atoms with Crippen molar-refractivity contribution in [2.24, 2.45) is 0 Å². The van der Waals surface area contributed by atoms with Crippen LogP contribution in [0, 0.1) is 0 Å². The monoisotopic (exact) mass is 295 g/mol. The Hall–Kier alpha value is -2.07. The number of likely N-dealkylation sites (tertiary alicyclic amines) is 1. The van der Waals surface area contributed by atoms with Crippen molar-refractivity contribution in [3.05, 3.63) is 42.4 Å². The molecule has 0 saturated carbocycles. The fourth-order valence-corrected chi connectivity index (χ4v) is 3.47. The van der Waals surface area contributed by atoms with E-state index in [0.29, 0.717) is 6.04 Å². The molecule has 0 unspecified atom stereocenters. The summed E-state index contributed by atoms with van der Waals surface area (Å²) in [5.41, 5.74) is 3.24. The molecule has 0 radical (unpaired) electrons. The summed E-state index contributed by atoms with van der Waals surface area (Å²) in [5, 5.41) is 8.10. The number of nitrogens with zero attached hydrogens (tertiary/aromatic N) is 2. The van der Waals surface area contributed by atoms with Gasteiger partial charge < -0.3 is 9.32 Å². The van der Waals surface area contributed by atoms with Gasteiger partial charge in [-0.2, -0.15) is 5.10 Å². The topological polar surface area (TPSA) is 45.1 Å². The number of H-pyrrole nitrogens is 1. The van der Waals surface area contributed by atoms with Crippen LogP contribution in [0.25, 0.3) is 22.1 Å². The summed E-state index contributed by atoms with van der Waals surface area (Å²) in [4.78, 5) is 2.56. The Labute approximate surface area is 130 Å². The zero-order valence-corrected chi connectivity index (χ0v) is 12.9. The number of hydrogen-bond acceptors (Lipinski definition) is 3. The lowest BCUT2D eigenvalue weighted by molar-refractivity contribution is 0.266. The third kappa shape index (κ3) is 2.44. The quantitative estimate of drug-likeness (QED) is 0.795. The van der Waals surface area contributed by atoms with E-state index in [9.17, 15) is 0 Å². The van der Waals surface area contributed by atoms with Crippen molar-refractivity contribution in [3.63, 3.8) is 0 Å². The van der Waals surface area contributed by atoms with Crippen molar-refractivity contribution in [1.82, 2.24) is 15.1 Å². The van der Waals surface area contributed by atoms with E-state index in [1.54, 1.807) is 0 Å². The summed E-state index contributed by atoms with van der Waals surface area (Å²) in [6, 6.07) is 9.11. The first kappa shape index (κ1) is 13.6. The van der Waals surface area contributed by atoms with Crippen molar-refractivity contribution >= 4 is 11.0 Å². The summed E-state index contributed by atoms with van der Waals surface area (Å²) >= 11 is 0. The van der Waals surface area contributed by atoms with Crippen LogP contribution in [0.1, 0.15) is 25.5 Å². The van der Waals surface area contributed by atoms with Crippen LogP contribution in [0.15, 0.2) is 41.1 Å². The summed E-state index contributed by atoms with van der Waals surface area (Å²) in [5.74, 6) is 1.07. The molecule has 1 aliphatic heterocycles. The Morgan fingerprint density at radius 3 is 3.14 bits per heavy atom. The average Bonchev–Trinajstić information content (AvgIpc) is 3.25. The molecule has 0 spiro atoms. The molecule has 1 atom stereocenters. The number of hydrogen-bond donors (Lipinski definition) is 1. The minimum atomic E-state index is 0.714. The lowest BCUT2D eigenvalue weighted by Gasteiger charge is -2.19. The van der Waals surface area contributed by atoms with Gasteiger partial charge in [-0.05, 0) is 44.0 Å². The van der Waals surface area contributed by atoms with Crippen LogP contribution in [0.3, 0.4) is 0 Å². The maximum atomic E-state index is 6.04. The van der Waals surface area contributed by atoms with E-state index in [0.717, 1.165) is 29.9 Å². The third-order valence-electron chi connectivity index (χ3n) is 4.76. The summed E-state index contributed by atoms with van der Waals surface area (Å²) in [6.07, 6.45) is 7.40. The van der Waals surface area contributed by atoms with Gasteiger partial charge in [0, 0.05) is 36.2 Å². The molecule has 4 heteroatoms. The van der Waals surface area contributed by atoms with Gasteiger partial charge >= 0.3 is 0 Å². The molecule has 1 fully saturated rings. The van der Waals surface area contributed by atoms with Crippen LogP contribution in [-0.2, 0) is 6.42 Å². The van der Waals surface area contributed by atoms with Crippen LogP contribution < -0.4 is 0 Å². The van der Waals surface area contributed by atoms with Gasteiger partial charge in [-0.3, -0.25) is 5.10 Å². The van der Waals surface area contributed by atoms with E-state index in [1.807, 2.05) is 24.5 Å². The number of nitrogens with one attached hydrogen (secondary N) is 1. The number of aromatic nitrogens is 2. The highest BCUT2D eigenvalue weighted by Gasteiger charge is 2.20. The van der Waals surface area contributed by atoms with Gasteiger partial charge in [-0.1, -0.05) is 12.1 Å². The minimum absolute atomic E-state index is 0.714. The maximum absolute atomic E-state index is 6.04. The molecule has 4 rings (SSSR count). The molecule has 1 saturated heterocycles. The molecule has 2 aromatic heterocycles. The number of fused-ring (bicyclic) bond motifs is 1. The smallest absolute Gasteiger partial charge is 0.134 e. The van der Waals surface area contributed by atoms with E-state index in [2.05, 4.69) is 34.2 Å². The Morgan fingerprint density at radius 1 is 1.41 bits per heavy atom. The predicted molar refractivity (Wildman–Crippen MR) is 87.8 cm³/mol. The zero-order valence-electron chi connectivity index (χ0n) is 12.9. The summed E-state index contributed by atoms with van der Waals surface area (Å²) in [7, 11) is 0. The normalized spacial score (nSPS) is 19.2. The molecular formula is C18H21N3O. The molecule has 22 heavy (non-hydrogen) atoms. The van der Waals surface area contributed by atoms with Gasteiger partial charge in [0.15, 0.2) is 0 Å². The number of aromatic amines is 1. The molecule has 4 nitrogen and oxygen atoms in total. The summed E-state index contributed by atoms with van der Waals surface area (Å²) in [6.45, 7) is 4.63. The predicted octanol–water partition coefficient (Wildman–Crippen LogP) is 3.85. The second-order valence-corrected chi connectivity index (χ2v) is 6.19. The lowest BCUT2D eigenvalue weighted by Crippen LogP contribution is -2.28. The molecular weight excluding hydrogens is 274 g/mol. The molecule has 0 bridgehead atoms. The average molecular weight is 295 g/mol. The highest BCUT2D eigenvalue weighted by molar-refractivity contribution is 5.94. The lowest BCUT2D eigenvalue weighted by atomic mass is 10.1. The van der Waals surface area contributed by atoms with Gasteiger partial charge in [0.2, 0.25) is 0 Å². The van der Waals surface area contributed by atoms with Gasteiger partial charge in [-0.15, -0.1) is 0 Å². The molecule has 0 aliphatic carbocycles. The molecule has 1 N–H and O–H groups in total. The van der Waals surface area contributed by atoms with Gasteiger partial charge in [0.25, 0.3) is 0 Å². The fourth-order valence-electron chi connectivity index (χ4n) is 3.47. The van der Waals surface area contributed by atoms with E-state index in [4.69, 9.17) is 4.42 Å². The van der Waals surface area contributed by atoms with Crippen molar-refractivity contribution < 1.29 is 4.42 Å². The third-order valence-corrected chi connectivity index (χ3v) is 4.76. The van der Waals surface area contributed by atoms with Crippen LogP contribution >= 0.6 is 0 Å². The number of rotatable bonds is 4. The Morgan fingerprint density at radius 2 is 2.36 bits per heavy atom. The second-order valence-electron chi connectivity index (χ2n) is 6.19. The highest BCUT2D eigenvalue weighted by atomic mass is 16.3. The summed E-state index contributed by atoms with van der Waals surface area (Å²) < 4.78 is 6.04. The molecule has 1 aromatic carbocycles. The van der Waals surface area contributed by atoms with Gasteiger partial charge in [0.05, 0.1) is 6.20 Å². The largest absolute Gasteiger partial charge is 0.461 e. The van der Waals surface area contributed by atoms with E-state index in [-0.39, 0.29) is 0 Å². The van der Waals surface area contributed by atoms with Crippen molar-refractivity contribution in [3.8, 4) is 11.1 Å². The SMILES string of the molecule is C[C@@H]1CCCN1CCc1cc2c(-c3cn[nH]c3)cccc2o1. The van der Waals surface area contributed by atoms with Crippen LogP contribution in [0.5, 0.6) is 0 Å². The van der Waals surface area contributed by atoms with Crippen molar-refractivity contribution in [2.45, 2.75) is 32.2 Å². The van der Waals surface area contributed by atoms with Crippen LogP contribution in [0.2, 0.25) is 0 Å².